The number of esters is 3. The number of nitrogens with one attached hydrogen (secondary N) is 1. The van der Waals surface area contributed by atoms with E-state index < -0.39 is 106 Å². The Bertz CT molecular complexity index is 1410. The number of carboxylic acid groups (broad SMARTS) is 4. The molecule has 0 aliphatic heterocycles. The molecule has 0 aliphatic rings. The van der Waals surface area contributed by atoms with Gasteiger partial charge in [-0.25, -0.2) is 0 Å². The van der Waals surface area contributed by atoms with Crippen LogP contribution in [0.1, 0.15) is 213 Å². The molecule has 0 aromatic carbocycles. The van der Waals surface area contributed by atoms with Crippen LogP contribution >= 0.6 is 0 Å². The second-order valence-corrected chi connectivity index (χ2v) is 19.8. The number of carboxylic acids is 4. The second-order valence-electron chi connectivity index (χ2n) is 19.8. The average molecular weight is 1040 g/mol. The third-order valence-corrected chi connectivity index (χ3v) is 12.7. The van der Waals surface area contributed by atoms with Crippen LogP contribution < -0.4 is 5.32 Å². The van der Waals surface area contributed by atoms with Crippen molar-refractivity contribution in [3.8, 4) is 0 Å². The summed E-state index contributed by atoms with van der Waals surface area (Å²) in [5.41, 5.74) is -1.77. The van der Waals surface area contributed by atoms with Crippen LogP contribution in [0.4, 0.5) is 0 Å². The monoisotopic (exact) mass is 1040 g/mol. The van der Waals surface area contributed by atoms with Gasteiger partial charge >= 0.3 is 41.8 Å². The van der Waals surface area contributed by atoms with Crippen LogP contribution in [0, 0.1) is 0 Å². The minimum Gasteiger partial charge on any atom is -0.480 e. The van der Waals surface area contributed by atoms with E-state index >= 15 is 0 Å². The molecule has 0 aromatic heterocycles. The minimum atomic E-state index is -1.77. The first-order valence-electron chi connectivity index (χ1n) is 27.9. The number of hydrogen-bond donors (Lipinski definition) is 5. The summed E-state index contributed by atoms with van der Waals surface area (Å²) in [5.74, 6) is -7.57. The van der Waals surface area contributed by atoms with E-state index in [1.54, 1.807) is 0 Å². The Kier molecular flexibility index (Phi) is 43.4. The maximum atomic E-state index is 14.1. The van der Waals surface area contributed by atoms with E-state index in [9.17, 15) is 58.8 Å². The number of aliphatic carboxylic acids is 4. The summed E-state index contributed by atoms with van der Waals surface area (Å²) in [7, 11) is 0. The number of carbonyl (C=O) groups excluding carboxylic acids is 4. The fraction of sp³-hybridized carbons (Fsp3) is 0.852. The molecule has 0 aromatic rings. The third kappa shape index (κ3) is 43.7. The van der Waals surface area contributed by atoms with Crippen molar-refractivity contribution < 1.29 is 73.0 Å². The molecular weight excluding hydrogens is 945 g/mol. The van der Waals surface area contributed by atoms with Crippen molar-refractivity contribution in [3.63, 3.8) is 0 Å². The predicted molar refractivity (Wildman–Crippen MR) is 279 cm³/mol. The standard InChI is InChI=1S/C54H98N4O15/c1-4-7-10-13-16-19-22-25-28-31-51(68)71-43-54(44-72-52(69)32-29-26-23-20-17-14-11-8-5-2,45-73-53(70)33-30-27-24-21-18-15-12-9-6-3)55-46(59)38-57(40-48(62)63)36-34-56(39-47(60)61)35-37-58(41-49(64)65)42-50(66)67/h4-45H2,1-3H3,(H,55,59)(H,60,61)(H,62,63)(H,64,65)(H,66,67). The molecule has 0 heterocycles. The first kappa shape index (κ1) is 68.6. The first-order chi connectivity index (χ1) is 35.0. The zero-order chi connectivity index (χ0) is 54.4. The Morgan fingerprint density at radius 2 is 0.575 bits per heavy atom. The van der Waals surface area contributed by atoms with Crippen LogP contribution in [0.25, 0.3) is 0 Å². The smallest absolute Gasteiger partial charge is 0.317 e. The van der Waals surface area contributed by atoms with E-state index in [0.717, 1.165) is 81.9 Å². The molecule has 0 fully saturated rings. The number of ether oxygens (including phenoxy) is 3. The average Bonchev–Trinajstić information content (AvgIpc) is 3.32. The Hall–Kier alpha value is -4.36. The van der Waals surface area contributed by atoms with Crippen molar-refractivity contribution in [2.75, 3.05) is 78.7 Å². The maximum Gasteiger partial charge on any atom is 0.317 e. The van der Waals surface area contributed by atoms with Gasteiger partial charge in [0.1, 0.15) is 25.4 Å². The number of carbonyl (C=O) groups is 8. The van der Waals surface area contributed by atoms with E-state index in [4.69, 9.17) is 14.2 Å². The Morgan fingerprint density at radius 3 is 0.849 bits per heavy atom. The maximum absolute atomic E-state index is 14.1. The topological polar surface area (TPSA) is 267 Å². The lowest BCUT2D eigenvalue weighted by Crippen LogP contribution is -2.61. The molecule has 0 saturated heterocycles. The van der Waals surface area contributed by atoms with E-state index in [1.165, 1.54) is 86.8 Å². The lowest BCUT2D eigenvalue weighted by Gasteiger charge is -2.34. The third-order valence-electron chi connectivity index (χ3n) is 12.7. The summed E-state index contributed by atoms with van der Waals surface area (Å²) in [6.45, 7) is 1.40. The molecule has 1 amide bonds. The Labute approximate surface area is 437 Å². The van der Waals surface area contributed by atoms with E-state index in [-0.39, 0.29) is 45.4 Å². The van der Waals surface area contributed by atoms with Crippen LogP contribution in [-0.4, -0.2) is 167 Å². The molecule has 0 rings (SSSR count). The first-order valence-corrected chi connectivity index (χ1v) is 27.9. The van der Waals surface area contributed by atoms with Crippen molar-refractivity contribution in [1.29, 1.82) is 0 Å². The highest BCUT2D eigenvalue weighted by atomic mass is 16.6. The van der Waals surface area contributed by atoms with E-state index in [0.29, 0.717) is 19.3 Å². The molecule has 0 spiro atoms. The highest BCUT2D eigenvalue weighted by Crippen LogP contribution is 2.17. The quantitative estimate of drug-likeness (QED) is 0.0217. The van der Waals surface area contributed by atoms with E-state index in [2.05, 4.69) is 26.1 Å². The summed E-state index contributed by atoms with van der Waals surface area (Å²) in [4.78, 5) is 104. The van der Waals surface area contributed by atoms with Crippen LogP contribution in [0.5, 0.6) is 0 Å². The normalized spacial score (nSPS) is 11.5. The fourth-order valence-corrected chi connectivity index (χ4v) is 8.41. The van der Waals surface area contributed by atoms with Gasteiger partial charge in [0.15, 0.2) is 0 Å². The van der Waals surface area contributed by atoms with Gasteiger partial charge in [0.25, 0.3) is 0 Å². The van der Waals surface area contributed by atoms with Crippen molar-refractivity contribution >= 4 is 47.7 Å². The number of rotatable bonds is 53. The number of amides is 1. The summed E-state index contributed by atoms with van der Waals surface area (Å²) in [5, 5.41) is 40.7. The predicted octanol–water partition coefficient (Wildman–Crippen LogP) is 8.48. The highest BCUT2D eigenvalue weighted by Gasteiger charge is 2.38. The van der Waals surface area contributed by atoms with Gasteiger partial charge in [-0.3, -0.25) is 53.1 Å². The molecule has 0 aliphatic carbocycles. The molecule has 0 saturated carbocycles. The van der Waals surface area contributed by atoms with Gasteiger partial charge in [-0.1, -0.05) is 175 Å². The summed E-state index contributed by atoms with van der Waals surface area (Å²) in [6.07, 6.45) is 28.4. The van der Waals surface area contributed by atoms with Gasteiger partial charge in [-0.05, 0) is 19.3 Å². The van der Waals surface area contributed by atoms with Gasteiger partial charge in [0.05, 0.1) is 32.7 Å². The van der Waals surface area contributed by atoms with Gasteiger partial charge in [-0.2, -0.15) is 0 Å². The lowest BCUT2D eigenvalue weighted by molar-refractivity contribution is -0.160. The van der Waals surface area contributed by atoms with Crippen LogP contribution in [0.15, 0.2) is 0 Å². The molecule has 0 bridgehead atoms. The molecule has 0 radical (unpaired) electrons. The summed E-state index contributed by atoms with van der Waals surface area (Å²) < 4.78 is 17.3. The van der Waals surface area contributed by atoms with Crippen LogP contribution in [0.2, 0.25) is 0 Å². The van der Waals surface area contributed by atoms with Crippen molar-refractivity contribution in [1.82, 2.24) is 20.0 Å². The molecule has 19 heteroatoms. The van der Waals surface area contributed by atoms with Crippen molar-refractivity contribution in [2.24, 2.45) is 0 Å². The Balaban J connectivity index is 6.36. The number of unbranched alkanes of at least 4 members (excludes halogenated alkanes) is 24. The second kappa shape index (κ2) is 46.2. The molecule has 19 nitrogen and oxygen atoms in total. The summed E-state index contributed by atoms with van der Waals surface area (Å²) in [6, 6.07) is 0. The number of hydrogen-bond acceptors (Lipinski definition) is 14. The lowest BCUT2D eigenvalue weighted by atomic mass is 10.0. The van der Waals surface area contributed by atoms with Gasteiger partial charge in [0.2, 0.25) is 5.91 Å². The largest absolute Gasteiger partial charge is 0.480 e. The molecule has 424 valence electrons. The van der Waals surface area contributed by atoms with Gasteiger partial charge < -0.3 is 40.0 Å². The summed E-state index contributed by atoms with van der Waals surface area (Å²) >= 11 is 0. The number of nitrogens with zero attached hydrogens (tertiary/aromatic N) is 3. The minimum absolute atomic E-state index is 0.0949. The fourth-order valence-electron chi connectivity index (χ4n) is 8.41. The van der Waals surface area contributed by atoms with Crippen LogP contribution in [-0.2, 0) is 52.6 Å². The zero-order valence-electron chi connectivity index (χ0n) is 45.3. The molecule has 73 heavy (non-hydrogen) atoms. The van der Waals surface area contributed by atoms with Crippen molar-refractivity contribution in [3.05, 3.63) is 0 Å². The SMILES string of the molecule is CCCCCCCCCCCC(=O)OCC(COC(=O)CCCCCCCCCCC)(COC(=O)CCCCCCCCCCC)NC(=O)CN(CCN(CCN(CC(=O)O)CC(=O)O)CC(=O)O)CC(=O)O. The van der Waals surface area contributed by atoms with Gasteiger partial charge in [-0.15, -0.1) is 0 Å². The molecule has 0 unspecified atom stereocenters. The van der Waals surface area contributed by atoms with Gasteiger partial charge in [0, 0.05) is 45.4 Å². The Morgan fingerprint density at radius 1 is 0.342 bits per heavy atom. The van der Waals surface area contributed by atoms with E-state index in [1.807, 2.05) is 0 Å². The molecule has 0 atom stereocenters. The van der Waals surface area contributed by atoms with Crippen LogP contribution in [0.3, 0.4) is 0 Å². The highest BCUT2D eigenvalue weighted by molar-refractivity contribution is 5.80. The zero-order valence-corrected chi connectivity index (χ0v) is 45.3. The van der Waals surface area contributed by atoms with Crippen molar-refractivity contribution in [2.45, 2.75) is 219 Å². The molecule has 5 N–H and O–H groups in total. The molecular formula is C54H98N4O15.